The number of nitrogens with zero attached hydrogens (tertiary/aromatic N) is 1. The predicted molar refractivity (Wildman–Crippen MR) is 99.1 cm³/mol. The lowest BCUT2D eigenvalue weighted by molar-refractivity contribution is 1.22. The van der Waals surface area contributed by atoms with Gasteiger partial charge in [0, 0.05) is 21.6 Å². The molecule has 0 aliphatic rings. The van der Waals surface area contributed by atoms with Crippen molar-refractivity contribution in [3.63, 3.8) is 0 Å². The van der Waals surface area contributed by atoms with Crippen LogP contribution in [0.5, 0.6) is 0 Å². The molecule has 0 N–H and O–H groups in total. The molecule has 0 atom stereocenters. The first kappa shape index (κ1) is 16.4. The van der Waals surface area contributed by atoms with Crippen molar-refractivity contribution in [1.29, 1.82) is 0 Å². The molecule has 0 radical (unpaired) electrons. The normalized spacial score (nSPS) is 11.3. The largest absolute Gasteiger partial charge is 0.259 e. The fraction of sp³-hybridized carbons (Fsp3) is 0.278. The molecule has 0 amide bonds. The van der Waals surface area contributed by atoms with Gasteiger partial charge in [0.25, 0.3) is 0 Å². The van der Waals surface area contributed by atoms with Gasteiger partial charge in [-0.15, -0.1) is 0 Å². The number of benzene rings is 2. The Morgan fingerprint density at radius 1 is 0.857 bits per heavy atom. The lowest BCUT2D eigenvalue weighted by Crippen LogP contribution is -1.94. The molecule has 0 saturated heterocycles. The van der Waals surface area contributed by atoms with Gasteiger partial charge in [-0.2, -0.15) is 0 Å². The Kier molecular flexibility index (Phi) is 5.39. The summed E-state index contributed by atoms with van der Waals surface area (Å²) in [6.45, 7) is 8.45. The maximum Gasteiger partial charge on any atom is 0.0797 e. The highest BCUT2D eigenvalue weighted by molar-refractivity contribution is 9.10. The molecule has 0 unspecified atom stereocenters. The van der Waals surface area contributed by atoms with Gasteiger partial charge in [0.05, 0.1) is 5.69 Å². The van der Waals surface area contributed by atoms with Crippen LogP contribution in [-0.2, 0) is 6.42 Å². The van der Waals surface area contributed by atoms with E-state index in [1.165, 1.54) is 27.8 Å². The van der Waals surface area contributed by atoms with Crippen molar-refractivity contribution in [2.45, 2.75) is 34.1 Å². The fourth-order valence-corrected chi connectivity index (χ4v) is 4.12. The first-order valence-corrected chi connectivity index (χ1v) is 8.52. The van der Waals surface area contributed by atoms with Crippen molar-refractivity contribution in [2.24, 2.45) is 4.99 Å². The second-order valence-corrected chi connectivity index (χ2v) is 7.18. The van der Waals surface area contributed by atoms with Gasteiger partial charge in [0.1, 0.15) is 0 Å². The Morgan fingerprint density at radius 3 is 2.00 bits per heavy atom. The Bertz CT molecular complexity index is 656. The molecule has 3 heteroatoms. The molecule has 0 spiro atoms. The zero-order valence-corrected chi connectivity index (χ0v) is 16.0. The zero-order valence-electron chi connectivity index (χ0n) is 12.8. The summed E-state index contributed by atoms with van der Waals surface area (Å²) >= 11 is 7.25. The molecular weight excluding hydrogens is 390 g/mol. The quantitative estimate of drug-likeness (QED) is 0.521. The van der Waals surface area contributed by atoms with Gasteiger partial charge < -0.3 is 0 Å². The molecule has 0 aromatic heterocycles. The standard InChI is InChI=1S/C18H19Br2N/c1-11-7-13(3)15(16(19)9-11)5-6-21-18-14(4)8-12(2)10-17(18)20/h6-10H,5H2,1-4H3. The van der Waals surface area contributed by atoms with Crippen LogP contribution in [-0.4, -0.2) is 6.21 Å². The Labute approximate surface area is 143 Å². The van der Waals surface area contributed by atoms with Gasteiger partial charge in [0.15, 0.2) is 0 Å². The summed E-state index contributed by atoms with van der Waals surface area (Å²) in [7, 11) is 0. The van der Waals surface area contributed by atoms with Crippen LogP contribution in [0.25, 0.3) is 0 Å². The smallest absolute Gasteiger partial charge is 0.0797 e. The molecule has 2 aromatic rings. The zero-order chi connectivity index (χ0) is 15.6. The molecule has 110 valence electrons. The third-order valence-corrected chi connectivity index (χ3v) is 4.79. The minimum atomic E-state index is 0.826. The minimum absolute atomic E-state index is 0.826. The van der Waals surface area contributed by atoms with E-state index < -0.39 is 0 Å². The monoisotopic (exact) mass is 407 g/mol. The summed E-state index contributed by atoms with van der Waals surface area (Å²) in [6, 6.07) is 8.63. The highest BCUT2D eigenvalue weighted by atomic mass is 79.9. The second-order valence-electron chi connectivity index (χ2n) is 5.47. The topological polar surface area (TPSA) is 12.4 Å². The summed E-state index contributed by atoms with van der Waals surface area (Å²) in [5, 5.41) is 0. The Hall–Kier alpha value is -0.930. The van der Waals surface area contributed by atoms with Gasteiger partial charge in [-0.05, 0) is 83.6 Å². The highest BCUT2D eigenvalue weighted by Gasteiger charge is 2.05. The Morgan fingerprint density at radius 2 is 1.43 bits per heavy atom. The van der Waals surface area contributed by atoms with Crippen LogP contribution in [0, 0.1) is 27.7 Å². The number of hydrogen-bond acceptors (Lipinski definition) is 1. The first-order chi connectivity index (χ1) is 9.88. The van der Waals surface area contributed by atoms with Crippen LogP contribution in [0.4, 0.5) is 5.69 Å². The lowest BCUT2D eigenvalue weighted by atomic mass is 10.0. The molecule has 2 rings (SSSR count). The van der Waals surface area contributed by atoms with E-state index in [2.05, 4.69) is 88.8 Å². The van der Waals surface area contributed by atoms with Crippen LogP contribution in [0.1, 0.15) is 27.8 Å². The second kappa shape index (κ2) is 6.89. The molecule has 0 saturated carbocycles. The van der Waals surface area contributed by atoms with E-state index in [1.807, 2.05) is 6.21 Å². The minimum Gasteiger partial charge on any atom is -0.259 e. The van der Waals surface area contributed by atoms with Gasteiger partial charge in [-0.25, -0.2) is 0 Å². The van der Waals surface area contributed by atoms with E-state index in [0.29, 0.717) is 0 Å². The van der Waals surface area contributed by atoms with Crippen LogP contribution < -0.4 is 0 Å². The summed E-state index contributed by atoms with van der Waals surface area (Å²) in [6.07, 6.45) is 2.82. The lowest BCUT2D eigenvalue weighted by Gasteiger charge is -2.08. The SMILES string of the molecule is Cc1cc(C)c(CC=Nc2c(C)cc(C)cc2Br)c(Br)c1. The van der Waals surface area contributed by atoms with E-state index in [4.69, 9.17) is 0 Å². The maximum absolute atomic E-state index is 4.65. The predicted octanol–water partition coefficient (Wildman–Crippen LogP) is 6.39. The summed E-state index contributed by atoms with van der Waals surface area (Å²) in [4.78, 5) is 4.65. The van der Waals surface area contributed by atoms with Gasteiger partial charge >= 0.3 is 0 Å². The van der Waals surface area contributed by atoms with E-state index in [9.17, 15) is 0 Å². The average molecular weight is 409 g/mol. The van der Waals surface area contributed by atoms with Crippen molar-refractivity contribution >= 4 is 43.8 Å². The maximum atomic E-state index is 4.65. The fourth-order valence-electron chi connectivity index (χ4n) is 2.50. The molecule has 0 heterocycles. The molecule has 0 aliphatic carbocycles. The molecule has 0 bridgehead atoms. The summed E-state index contributed by atoms with van der Waals surface area (Å²) < 4.78 is 2.21. The van der Waals surface area contributed by atoms with E-state index in [1.54, 1.807) is 0 Å². The molecular formula is C18H19Br2N. The highest BCUT2D eigenvalue weighted by Crippen LogP contribution is 2.30. The molecule has 21 heavy (non-hydrogen) atoms. The van der Waals surface area contributed by atoms with Crippen molar-refractivity contribution < 1.29 is 0 Å². The molecule has 0 aliphatic heterocycles. The molecule has 0 fully saturated rings. The van der Waals surface area contributed by atoms with Crippen molar-refractivity contribution in [2.75, 3.05) is 0 Å². The molecule has 2 aromatic carbocycles. The van der Waals surface area contributed by atoms with Gasteiger partial charge in [-0.3, -0.25) is 4.99 Å². The average Bonchev–Trinajstić information content (AvgIpc) is 2.34. The summed E-state index contributed by atoms with van der Waals surface area (Å²) in [5.74, 6) is 0. The third kappa shape index (κ3) is 4.04. The third-order valence-electron chi connectivity index (χ3n) is 3.48. The van der Waals surface area contributed by atoms with Crippen LogP contribution in [0.3, 0.4) is 0 Å². The van der Waals surface area contributed by atoms with Crippen molar-refractivity contribution in [3.8, 4) is 0 Å². The first-order valence-electron chi connectivity index (χ1n) is 6.93. The van der Waals surface area contributed by atoms with Crippen LogP contribution >= 0.6 is 31.9 Å². The Balaban J connectivity index is 2.25. The number of aliphatic imine (C=N–C) groups is 1. The van der Waals surface area contributed by atoms with E-state index in [-0.39, 0.29) is 0 Å². The molecule has 1 nitrogen and oxygen atoms in total. The number of hydrogen-bond donors (Lipinski definition) is 0. The number of rotatable bonds is 3. The van der Waals surface area contributed by atoms with E-state index >= 15 is 0 Å². The van der Waals surface area contributed by atoms with Gasteiger partial charge in [-0.1, -0.05) is 28.1 Å². The van der Waals surface area contributed by atoms with E-state index in [0.717, 1.165) is 21.1 Å². The summed E-state index contributed by atoms with van der Waals surface area (Å²) in [5.41, 5.74) is 7.32. The number of aryl methyl sites for hydroxylation is 4. The number of halogens is 2. The van der Waals surface area contributed by atoms with Gasteiger partial charge in [0.2, 0.25) is 0 Å². The van der Waals surface area contributed by atoms with Crippen LogP contribution in [0.2, 0.25) is 0 Å². The van der Waals surface area contributed by atoms with Crippen molar-refractivity contribution in [3.05, 3.63) is 61.0 Å². The van der Waals surface area contributed by atoms with Crippen molar-refractivity contribution in [1.82, 2.24) is 0 Å². The van der Waals surface area contributed by atoms with Crippen LogP contribution in [0.15, 0.2) is 38.2 Å².